The number of halogens is 1. The molecule has 0 fully saturated rings. The normalized spacial score (nSPS) is 11.3. The highest BCUT2D eigenvalue weighted by molar-refractivity contribution is 7.89. The molecule has 0 heterocycles. The number of benzene rings is 2. The molecule has 7 heteroatoms. The minimum absolute atomic E-state index is 0.115. The molecule has 0 saturated heterocycles. The van der Waals surface area contributed by atoms with Gasteiger partial charge in [0.15, 0.2) is 0 Å². The van der Waals surface area contributed by atoms with Crippen molar-refractivity contribution in [3.63, 3.8) is 0 Å². The van der Waals surface area contributed by atoms with Gasteiger partial charge in [-0.2, -0.15) is 0 Å². The molecular formula is C18H21FN2O3S. The molecule has 0 aromatic heterocycles. The predicted octanol–water partition coefficient (Wildman–Crippen LogP) is 2.49. The van der Waals surface area contributed by atoms with Crippen LogP contribution in [0.2, 0.25) is 0 Å². The van der Waals surface area contributed by atoms with Gasteiger partial charge in [0.05, 0.1) is 4.90 Å². The summed E-state index contributed by atoms with van der Waals surface area (Å²) >= 11 is 0. The minimum Gasteiger partial charge on any atom is -0.352 e. The van der Waals surface area contributed by atoms with Crippen molar-refractivity contribution in [3.05, 3.63) is 65.5 Å². The highest BCUT2D eigenvalue weighted by atomic mass is 32.2. The van der Waals surface area contributed by atoms with E-state index in [9.17, 15) is 17.6 Å². The van der Waals surface area contributed by atoms with Gasteiger partial charge in [-0.1, -0.05) is 25.1 Å². The Kier molecular flexibility index (Phi) is 6.66. The molecule has 0 unspecified atom stereocenters. The highest BCUT2D eigenvalue weighted by Gasteiger charge is 2.14. The van der Waals surface area contributed by atoms with Crippen LogP contribution in [0, 0.1) is 5.82 Å². The number of sulfonamides is 1. The summed E-state index contributed by atoms with van der Waals surface area (Å²) in [7, 11) is -3.55. The number of carbonyl (C=O) groups is 1. The first-order chi connectivity index (χ1) is 11.9. The monoisotopic (exact) mass is 364 g/mol. The van der Waals surface area contributed by atoms with Crippen molar-refractivity contribution in [1.29, 1.82) is 0 Å². The lowest BCUT2D eigenvalue weighted by Gasteiger charge is -2.08. The summed E-state index contributed by atoms with van der Waals surface area (Å²) in [5.41, 5.74) is 0.884. The summed E-state index contributed by atoms with van der Waals surface area (Å²) in [6, 6.07) is 12.1. The standard InChI is InChI=1S/C18H21FN2O3S/c1-2-12-21-25(23,24)16-9-7-15(8-10-16)18(22)20-13-11-14-5-3-4-6-17(14)19/h3-10,21H,2,11-13H2,1H3,(H,20,22). The molecule has 0 atom stereocenters. The van der Waals surface area contributed by atoms with Crippen LogP contribution >= 0.6 is 0 Å². The van der Waals surface area contributed by atoms with Crippen LogP contribution in [0.3, 0.4) is 0 Å². The molecule has 0 bridgehead atoms. The fourth-order valence-electron chi connectivity index (χ4n) is 2.22. The van der Waals surface area contributed by atoms with Crippen LogP contribution in [-0.2, 0) is 16.4 Å². The van der Waals surface area contributed by atoms with E-state index in [1.54, 1.807) is 18.2 Å². The largest absolute Gasteiger partial charge is 0.352 e. The van der Waals surface area contributed by atoms with Gasteiger partial charge in [0.25, 0.3) is 5.91 Å². The summed E-state index contributed by atoms with van der Waals surface area (Å²) < 4.78 is 39.9. The van der Waals surface area contributed by atoms with Gasteiger partial charge in [0.1, 0.15) is 5.82 Å². The van der Waals surface area contributed by atoms with Crippen LogP contribution in [0.25, 0.3) is 0 Å². The summed E-state index contributed by atoms with van der Waals surface area (Å²) in [5, 5.41) is 2.70. The Balaban J connectivity index is 1.93. The third-order valence-electron chi connectivity index (χ3n) is 3.61. The van der Waals surface area contributed by atoms with Gasteiger partial charge in [-0.25, -0.2) is 17.5 Å². The number of amides is 1. The average molecular weight is 364 g/mol. The molecule has 0 aliphatic rings. The van der Waals surface area contributed by atoms with Crippen molar-refractivity contribution in [2.24, 2.45) is 0 Å². The van der Waals surface area contributed by atoms with Crippen LogP contribution in [0.5, 0.6) is 0 Å². The molecule has 134 valence electrons. The van der Waals surface area contributed by atoms with Crippen molar-refractivity contribution >= 4 is 15.9 Å². The first kappa shape index (κ1) is 19.1. The van der Waals surface area contributed by atoms with E-state index < -0.39 is 10.0 Å². The zero-order valence-electron chi connectivity index (χ0n) is 14.0. The molecule has 1 amide bonds. The summed E-state index contributed by atoms with van der Waals surface area (Å²) in [4.78, 5) is 12.2. The molecule has 2 rings (SSSR count). The van der Waals surface area contributed by atoms with Crippen molar-refractivity contribution in [2.45, 2.75) is 24.7 Å². The minimum atomic E-state index is -3.55. The Morgan fingerprint density at radius 3 is 2.36 bits per heavy atom. The number of carbonyl (C=O) groups excluding carboxylic acids is 1. The number of hydrogen-bond acceptors (Lipinski definition) is 3. The molecule has 0 spiro atoms. The lowest BCUT2D eigenvalue weighted by atomic mass is 10.1. The summed E-state index contributed by atoms with van der Waals surface area (Å²) in [6.07, 6.45) is 1.08. The van der Waals surface area contributed by atoms with Crippen LogP contribution in [0.15, 0.2) is 53.4 Å². The van der Waals surface area contributed by atoms with E-state index in [0.717, 1.165) is 0 Å². The first-order valence-electron chi connectivity index (χ1n) is 8.05. The molecular weight excluding hydrogens is 343 g/mol. The van der Waals surface area contributed by atoms with E-state index >= 15 is 0 Å². The smallest absolute Gasteiger partial charge is 0.251 e. The zero-order valence-corrected chi connectivity index (χ0v) is 14.8. The van der Waals surface area contributed by atoms with Crippen molar-refractivity contribution in [2.75, 3.05) is 13.1 Å². The van der Waals surface area contributed by atoms with Gasteiger partial charge in [-0.05, 0) is 48.7 Å². The maximum absolute atomic E-state index is 13.5. The molecule has 2 aromatic carbocycles. The number of hydrogen-bond donors (Lipinski definition) is 2. The maximum atomic E-state index is 13.5. The van der Waals surface area contributed by atoms with E-state index in [2.05, 4.69) is 10.0 Å². The van der Waals surface area contributed by atoms with Gasteiger partial charge < -0.3 is 5.32 Å². The second-order valence-corrected chi connectivity index (χ2v) is 7.29. The first-order valence-corrected chi connectivity index (χ1v) is 9.53. The average Bonchev–Trinajstić information content (AvgIpc) is 2.61. The Labute approximate surface area is 147 Å². The second-order valence-electron chi connectivity index (χ2n) is 5.52. The van der Waals surface area contributed by atoms with Gasteiger partial charge in [0.2, 0.25) is 10.0 Å². The van der Waals surface area contributed by atoms with Gasteiger partial charge in [0, 0.05) is 18.7 Å². The van der Waals surface area contributed by atoms with Crippen LogP contribution in [0.4, 0.5) is 4.39 Å². The highest BCUT2D eigenvalue weighted by Crippen LogP contribution is 2.11. The van der Waals surface area contributed by atoms with E-state index in [-0.39, 0.29) is 23.2 Å². The number of rotatable bonds is 8. The molecule has 2 aromatic rings. The van der Waals surface area contributed by atoms with E-state index in [4.69, 9.17) is 0 Å². The van der Waals surface area contributed by atoms with E-state index in [1.807, 2.05) is 6.92 Å². The second kappa shape index (κ2) is 8.73. The fourth-order valence-corrected chi connectivity index (χ4v) is 3.35. The third-order valence-corrected chi connectivity index (χ3v) is 5.08. The molecule has 2 N–H and O–H groups in total. The quantitative estimate of drug-likeness (QED) is 0.756. The summed E-state index contributed by atoms with van der Waals surface area (Å²) in [5.74, 6) is -0.632. The van der Waals surface area contributed by atoms with Crippen molar-refractivity contribution in [3.8, 4) is 0 Å². The van der Waals surface area contributed by atoms with E-state index in [0.29, 0.717) is 30.5 Å². The predicted molar refractivity (Wildman–Crippen MR) is 94.4 cm³/mol. The van der Waals surface area contributed by atoms with Gasteiger partial charge in [-0.15, -0.1) is 0 Å². The van der Waals surface area contributed by atoms with Crippen LogP contribution in [-0.4, -0.2) is 27.4 Å². The SMILES string of the molecule is CCCNS(=O)(=O)c1ccc(C(=O)NCCc2ccccc2F)cc1. The van der Waals surface area contributed by atoms with Gasteiger partial charge in [-0.3, -0.25) is 4.79 Å². The molecule has 0 aliphatic carbocycles. The lowest BCUT2D eigenvalue weighted by molar-refractivity contribution is 0.0954. The summed E-state index contributed by atoms with van der Waals surface area (Å²) in [6.45, 7) is 2.52. The number of nitrogens with one attached hydrogen (secondary N) is 2. The Morgan fingerprint density at radius 2 is 1.72 bits per heavy atom. The molecule has 5 nitrogen and oxygen atoms in total. The molecule has 0 aliphatic heterocycles. The zero-order chi connectivity index (χ0) is 18.3. The van der Waals surface area contributed by atoms with Crippen LogP contribution < -0.4 is 10.0 Å². The Morgan fingerprint density at radius 1 is 1.04 bits per heavy atom. The van der Waals surface area contributed by atoms with E-state index in [1.165, 1.54) is 30.3 Å². The lowest BCUT2D eigenvalue weighted by Crippen LogP contribution is -2.26. The van der Waals surface area contributed by atoms with Crippen molar-refractivity contribution in [1.82, 2.24) is 10.0 Å². The fraction of sp³-hybridized carbons (Fsp3) is 0.278. The molecule has 0 radical (unpaired) electrons. The third kappa shape index (κ3) is 5.37. The van der Waals surface area contributed by atoms with Crippen LogP contribution in [0.1, 0.15) is 29.3 Å². The van der Waals surface area contributed by atoms with Gasteiger partial charge >= 0.3 is 0 Å². The van der Waals surface area contributed by atoms with Crippen molar-refractivity contribution < 1.29 is 17.6 Å². The maximum Gasteiger partial charge on any atom is 0.251 e. The Bertz CT molecular complexity index is 820. The molecule has 25 heavy (non-hydrogen) atoms. The molecule has 0 saturated carbocycles. The Hall–Kier alpha value is -2.25. The topological polar surface area (TPSA) is 75.3 Å².